The summed E-state index contributed by atoms with van der Waals surface area (Å²) >= 11 is 0. The molecule has 1 aliphatic carbocycles. The molecule has 4 aliphatic heterocycles. The molecule has 27 heavy (non-hydrogen) atoms. The number of carbonyl (C=O) groups excluding carboxylic acids is 2. The Kier molecular flexibility index (Phi) is 3.38. The first-order chi connectivity index (χ1) is 12.8. The third-order valence-electron chi connectivity index (χ3n) is 6.79. The van der Waals surface area contributed by atoms with Crippen LogP contribution in [-0.4, -0.2) is 38.4 Å². The molecule has 1 aromatic carbocycles. The lowest BCUT2D eigenvalue weighted by molar-refractivity contribution is -0.164. The minimum absolute atomic E-state index is 0.0570. The van der Waals surface area contributed by atoms with Gasteiger partial charge in [-0.1, -0.05) is 39.8 Å². The van der Waals surface area contributed by atoms with E-state index in [2.05, 4.69) is 24.3 Å². The van der Waals surface area contributed by atoms with E-state index in [4.69, 9.17) is 0 Å². The highest BCUT2D eigenvalue weighted by molar-refractivity contribution is 8.78. The Morgan fingerprint density at radius 3 is 2.63 bits per heavy atom. The van der Waals surface area contributed by atoms with Crippen molar-refractivity contribution in [3.8, 4) is 6.07 Å². The SMILES string of the molecule is CN1C(=O)[C@@]23C[C@](C)(C#N)C(c4ccc5c(c4)CCC5)N2C(=O)C1(C)SS3. The minimum atomic E-state index is -0.984. The van der Waals surface area contributed by atoms with Crippen molar-refractivity contribution in [2.24, 2.45) is 5.41 Å². The van der Waals surface area contributed by atoms with Crippen LogP contribution in [0.3, 0.4) is 0 Å². The summed E-state index contributed by atoms with van der Waals surface area (Å²) in [6.07, 6.45) is 3.65. The van der Waals surface area contributed by atoms with Crippen LogP contribution in [0, 0.1) is 16.7 Å². The summed E-state index contributed by atoms with van der Waals surface area (Å²) in [4.78, 5) is 28.3. The zero-order valence-electron chi connectivity index (χ0n) is 15.6. The first kappa shape index (κ1) is 17.4. The van der Waals surface area contributed by atoms with E-state index < -0.39 is 21.2 Å². The molecule has 140 valence electrons. The van der Waals surface area contributed by atoms with Crippen molar-refractivity contribution < 1.29 is 9.59 Å². The van der Waals surface area contributed by atoms with Gasteiger partial charge in [-0.25, -0.2) is 0 Å². The van der Waals surface area contributed by atoms with Crippen molar-refractivity contribution in [1.82, 2.24) is 9.80 Å². The zero-order chi connectivity index (χ0) is 19.2. The van der Waals surface area contributed by atoms with Gasteiger partial charge in [-0.3, -0.25) is 9.59 Å². The van der Waals surface area contributed by atoms with E-state index in [1.807, 2.05) is 13.8 Å². The number of nitrogens with zero attached hydrogens (tertiary/aromatic N) is 3. The van der Waals surface area contributed by atoms with Crippen molar-refractivity contribution in [2.45, 2.75) is 55.3 Å². The molecule has 0 radical (unpaired) electrons. The smallest absolute Gasteiger partial charge is 0.261 e. The molecule has 0 N–H and O–H groups in total. The lowest BCUT2D eigenvalue weighted by Crippen LogP contribution is -2.73. The number of hydrogen-bond acceptors (Lipinski definition) is 5. The molecule has 2 unspecified atom stereocenters. The highest BCUT2D eigenvalue weighted by Gasteiger charge is 2.74. The van der Waals surface area contributed by atoms with Crippen LogP contribution in [0.4, 0.5) is 0 Å². The average Bonchev–Trinajstić information content (AvgIpc) is 3.23. The van der Waals surface area contributed by atoms with Crippen LogP contribution in [0.1, 0.15) is 49.4 Å². The lowest BCUT2D eigenvalue weighted by atomic mass is 9.79. The Bertz CT molecular complexity index is 944. The molecule has 7 heteroatoms. The van der Waals surface area contributed by atoms with Gasteiger partial charge in [0.05, 0.1) is 17.5 Å². The topological polar surface area (TPSA) is 64.4 Å². The molecule has 4 atom stereocenters. The summed E-state index contributed by atoms with van der Waals surface area (Å²) in [6, 6.07) is 8.45. The van der Waals surface area contributed by atoms with Crippen LogP contribution >= 0.6 is 21.6 Å². The summed E-state index contributed by atoms with van der Waals surface area (Å²) in [7, 11) is 4.63. The summed E-state index contributed by atoms with van der Waals surface area (Å²) < 4.78 is 0. The quantitative estimate of drug-likeness (QED) is 0.678. The largest absolute Gasteiger partial charge is 0.319 e. The van der Waals surface area contributed by atoms with Crippen molar-refractivity contribution in [1.29, 1.82) is 5.26 Å². The van der Waals surface area contributed by atoms with Gasteiger partial charge in [-0.2, -0.15) is 5.26 Å². The van der Waals surface area contributed by atoms with Gasteiger partial charge in [-0.15, -0.1) is 0 Å². The molecule has 1 spiro atoms. The third-order valence-corrected chi connectivity index (χ3v) is 10.5. The Labute approximate surface area is 166 Å². The predicted octanol–water partition coefficient (Wildman–Crippen LogP) is 3.26. The second-order valence-electron chi connectivity index (χ2n) is 8.46. The average molecular weight is 400 g/mol. The highest BCUT2D eigenvalue weighted by Crippen LogP contribution is 2.69. The zero-order valence-corrected chi connectivity index (χ0v) is 17.2. The molecule has 4 saturated heterocycles. The number of benzene rings is 1. The second kappa shape index (κ2) is 5.24. The fourth-order valence-corrected chi connectivity index (χ4v) is 8.76. The first-order valence-electron chi connectivity index (χ1n) is 9.29. The van der Waals surface area contributed by atoms with Gasteiger partial charge in [0.2, 0.25) is 0 Å². The van der Waals surface area contributed by atoms with E-state index >= 15 is 0 Å². The number of piperazine rings is 1. The molecule has 2 amide bonds. The molecule has 4 heterocycles. The van der Waals surface area contributed by atoms with Crippen LogP contribution < -0.4 is 0 Å². The van der Waals surface area contributed by atoms with Crippen molar-refractivity contribution in [3.63, 3.8) is 0 Å². The maximum Gasteiger partial charge on any atom is 0.261 e. The molecule has 5 nitrogen and oxygen atoms in total. The fourth-order valence-electron chi connectivity index (χ4n) is 5.18. The molecular weight excluding hydrogens is 378 g/mol. The standard InChI is InChI=1S/C20H21N3O2S2/c1-18(11-21)10-20-17(25)22(3)19(2,26-27-20)16(24)23(20)15(18)14-8-7-12-5-4-6-13(12)9-14/h7-9,15H,4-6,10H2,1-3H3/t15?,18-,19?,20+/m1/s1. The summed E-state index contributed by atoms with van der Waals surface area (Å²) in [6.45, 7) is 3.72. The number of likely N-dealkylation sites (N-methyl/N-ethyl adjacent to an activating group) is 1. The van der Waals surface area contributed by atoms with Crippen LogP contribution in [0.5, 0.6) is 0 Å². The normalized spacial score (nSPS) is 39.6. The van der Waals surface area contributed by atoms with Crippen molar-refractivity contribution in [3.05, 3.63) is 34.9 Å². The van der Waals surface area contributed by atoms with Crippen molar-refractivity contribution in [2.75, 3.05) is 7.05 Å². The maximum absolute atomic E-state index is 13.6. The Morgan fingerprint density at radius 1 is 1.15 bits per heavy atom. The Balaban J connectivity index is 1.71. The van der Waals surface area contributed by atoms with E-state index in [9.17, 15) is 14.9 Å². The minimum Gasteiger partial charge on any atom is -0.319 e. The molecular formula is C20H21N3O2S2. The lowest BCUT2D eigenvalue weighted by Gasteiger charge is -2.57. The number of hydrogen-bond donors (Lipinski definition) is 0. The Hall–Kier alpha value is -1.65. The van der Waals surface area contributed by atoms with E-state index in [1.165, 1.54) is 32.7 Å². The first-order valence-corrected chi connectivity index (χ1v) is 11.4. The summed E-state index contributed by atoms with van der Waals surface area (Å²) in [5.74, 6) is -0.115. The number of nitriles is 1. The van der Waals surface area contributed by atoms with Gasteiger partial charge in [0.15, 0.2) is 9.74 Å². The summed E-state index contributed by atoms with van der Waals surface area (Å²) in [5, 5.41) is 10.1. The number of amides is 2. The number of aryl methyl sites for hydroxylation is 2. The number of rotatable bonds is 1. The maximum atomic E-state index is 13.6. The number of fused-ring (bicyclic) bond motifs is 3. The van der Waals surface area contributed by atoms with E-state index in [0.717, 1.165) is 24.8 Å². The van der Waals surface area contributed by atoms with Crippen molar-refractivity contribution >= 4 is 33.4 Å². The summed E-state index contributed by atoms with van der Waals surface area (Å²) in [5.41, 5.74) is 2.87. The van der Waals surface area contributed by atoms with Gasteiger partial charge in [0, 0.05) is 13.5 Å². The second-order valence-corrected chi connectivity index (χ2v) is 11.3. The van der Waals surface area contributed by atoms with Crippen LogP contribution in [0.2, 0.25) is 0 Å². The van der Waals surface area contributed by atoms with E-state index in [0.29, 0.717) is 6.42 Å². The van der Waals surface area contributed by atoms with Gasteiger partial charge in [-0.05, 0) is 49.8 Å². The fraction of sp³-hybridized carbons (Fsp3) is 0.550. The van der Waals surface area contributed by atoms with Crippen LogP contribution in [-0.2, 0) is 22.4 Å². The molecule has 5 aliphatic rings. The van der Waals surface area contributed by atoms with E-state index in [-0.39, 0.29) is 11.8 Å². The molecule has 1 aromatic rings. The Morgan fingerprint density at radius 2 is 1.89 bits per heavy atom. The van der Waals surface area contributed by atoms with E-state index in [1.54, 1.807) is 16.8 Å². The molecule has 0 saturated carbocycles. The molecule has 4 fully saturated rings. The van der Waals surface area contributed by atoms with Gasteiger partial charge < -0.3 is 9.80 Å². The predicted molar refractivity (Wildman–Crippen MR) is 105 cm³/mol. The molecule has 6 rings (SSSR count). The monoisotopic (exact) mass is 399 g/mol. The van der Waals surface area contributed by atoms with Gasteiger partial charge >= 0.3 is 0 Å². The van der Waals surface area contributed by atoms with Gasteiger partial charge in [0.25, 0.3) is 11.8 Å². The van der Waals surface area contributed by atoms with Crippen LogP contribution in [0.25, 0.3) is 0 Å². The molecule has 2 bridgehead atoms. The third kappa shape index (κ3) is 1.93. The molecule has 0 aromatic heterocycles. The highest BCUT2D eigenvalue weighted by atomic mass is 33.1. The van der Waals surface area contributed by atoms with Gasteiger partial charge in [0.1, 0.15) is 0 Å². The number of carbonyl (C=O) groups is 2. The van der Waals surface area contributed by atoms with Crippen LogP contribution in [0.15, 0.2) is 18.2 Å².